The maximum absolute atomic E-state index is 8.72. The number of rotatable bonds is 3. The van der Waals surface area contributed by atoms with Crippen molar-refractivity contribution >= 4 is 17.2 Å². The maximum atomic E-state index is 8.72. The second-order valence-electron chi connectivity index (χ2n) is 4.08. The molecule has 0 spiro atoms. The summed E-state index contributed by atoms with van der Waals surface area (Å²) in [4.78, 5) is 6.23. The Bertz CT molecular complexity index is 567. The van der Waals surface area contributed by atoms with Crippen LogP contribution in [0.1, 0.15) is 5.56 Å². The van der Waals surface area contributed by atoms with Crippen molar-refractivity contribution in [2.45, 2.75) is 0 Å². The van der Waals surface area contributed by atoms with Gasteiger partial charge in [-0.1, -0.05) is 12.1 Å². The zero-order chi connectivity index (χ0) is 13.0. The van der Waals surface area contributed by atoms with E-state index in [1.54, 1.807) is 18.3 Å². The molecule has 0 radical (unpaired) electrons. The lowest BCUT2D eigenvalue weighted by Crippen LogP contribution is -2.10. The summed E-state index contributed by atoms with van der Waals surface area (Å²) in [6.07, 6.45) is 1.56. The molecule has 0 bridgehead atoms. The van der Waals surface area contributed by atoms with E-state index >= 15 is 0 Å². The third-order valence-corrected chi connectivity index (χ3v) is 2.54. The van der Waals surface area contributed by atoms with E-state index in [-0.39, 0.29) is 0 Å². The number of nitrogens with one attached hydrogen (secondary N) is 1. The zero-order valence-electron chi connectivity index (χ0n) is 10.4. The first-order valence-corrected chi connectivity index (χ1v) is 5.60. The van der Waals surface area contributed by atoms with Crippen LogP contribution in [0.2, 0.25) is 0 Å². The second-order valence-corrected chi connectivity index (χ2v) is 4.08. The molecule has 0 saturated heterocycles. The monoisotopic (exact) mass is 238 g/mol. The van der Waals surface area contributed by atoms with Crippen LogP contribution in [0.5, 0.6) is 0 Å². The second kappa shape index (κ2) is 5.19. The molecule has 1 heterocycles. The quantitative estimate of drug-likeness (QED) is 0.893. The molecule has 1 aromatic heterocycles. The van der Waals surface area contributed by atoms with Crippen LogP contribution in [0.4, 0.5) is 17.2 Å². The van der Waals surface area contributed by atoms with Crippen molar-refractivity contribution in [3.05, 3.63) is 48.2 Å². The van der Waals surface area contributed by atoms with E-state index in [0.717, 1.165) is 17.2 Å². The number of nitriles is 1. The number of hydrogen-bond acceptors (Lipinski definition) is 4. The van der Waals surface area contributed by atoms with E-state index in [1.165, 1.54) is 0 Å². The van der Waals surface area contributed by atoms with Crippen LogP contribution < -0.4 is 10.2 Å². The number of benzene rings is 1. The minimum atomic E-state index is 0.557. The zero-order valence-corrected chi connectivity index (χ0v) is 10.4. The van der Waals surface area contributed by atoms with Gasteiger partial charge in [0.15, 0.2) is 0 Å². The first-order chi connectivity index (χ1) is 8.70. The van der Waals surface area contributed by atoms with Crippen molar-refractivity contribution in [1.29, 1.82) is 5.26 Å². The number of nitrogens with zero attached hydrogens (tertiary/aromatic N) is 3. The van der Waals surface area contributed by atoms with Gasteiger partial charge in [0.05, 0.1) is 16.9 Å². The normalized spacial score (nSPS) is 9.61. The van der Waals surface area contributed by atoms with Gasteiger partial charge in [0.1, 0.15) is 11.9 Å². The molecule has 1 aromatic carbocycles. The number of anilines is 3. The predicted octanol–water partition coefficient (Wildman–Crippen LogP) is 2.76. The summed E-state index contributed by atoms with van der Waals surface area (Å²) in [5.74, 6) is 0.725. The first kappa shape index (κ1) is 11.9. The Morgan fingerprint density at radius 2 is 1.94 bits per heavy atom. The Morgan fingerprint density at radius 1 is 1.17 bits per heavy atom. The molecular weight excluding hydrogens is 224 g/mol. The lowest BCUT2D eigenvalue weighted by molar-refractivity contribution is 1.13. The molecule has 2 aromatic rings. The van der Waals surface area contributed by atoms with Crippen molar-refractivity contribution in [2.24, 2.45) is 0 Å². The van der Waals surface area contributed by atoms with Crippen molar-refractivity contribution in [1.82, 2.24) is 4.98 Å². The predicted molar refractivity (Wildman–Crippen MR) is 73.0 cm³/mol. The smallest absolute Gasteiger partial charge is 0.130 e. The topological polar surface area (TPSA) is 52.0 Å². The standard InChI is InChI=1S/C14H14N4/c1-18(2)13-6-4-3-5-12(13)17-14-8-7-11(9-15)10-16-14/h3-8,10H,1-2H3,(H,16,17). The molecule has 0 unspecified atom stereocenters. The molecule has 4 nitrogen and oxygen atoms in total. The number of pyridine rings is 1. The number of aromatic nitrogens is 1. The minimum Gasteiger partial charge on any atom is -0.376 e. The summed E-state index contributed by atoms with van der Waals surface area (Å²) in [5, 5.41) is 12.0. The Kier molecular flexibility index (Phi) is 3.44. The van der Waals surface area contributed by atoms with Gasteiger partial charge >= 0.3 is 0 Å². The summed E-state index contributed by atoms with van der Waals surface area (Å²) in [7, 11) is 3.99. The highest BCUT2D eigenvalue weighted by molar-refractivity contribution is 5.73. The van der Waals surface area contributed by atoms with Gasteiger partial charge in [-0.15, -0.1) is 0 Å². The van der Waals surface area contributed by atoms with Crippen LogP contribution in [-0.4, -0.2) is 19.1 Å². The van der Waals surface area contributed by atoms with Gasteiger partial charge in [0, 0.05) is 20.3 Å². The lowest BCUT2D eigenvalue weighted by Gasteiger charge is -2.17. The van der Waals surface area contributed by atoms with Crippen molar-refractivity contribution in [2.75, 3.05) is 24.3 Å². The third kappa shape index (κ3) is 2.58. The molecule has 4 heteroatoms. The van der Waals surface area contributed by atoms with Gasteiger partial charge in [0.2, 0.25) is 0 Å². The summed E-state index contributed by atoms with van der Waals surface area (Å²) in [5.41, 5.74) is 2.63. The average molecular weight is 238 g/mol. The molecule has 90 valence electrons. The summed E-state index contributed by atoms with van der Waals surface area (Å²) in [6.45, 7) is 0. The Labute approximate surface area is 107 Å². The minimum absolute atomic E-state index is 0.557. The molecule has 0 atom stereocenters. The van der Waals surface area contributed by atoms with Gasteiger partial charge in [-0.3, -0.25) is 0 Å². The van der Waals surface area contributed by atoms with Gasteiger partial charge in [0.25, 0.3) is 0 Å². The van der Waals surface area contributed by atoms with Crippen molar-refractivity contribution < 1.29 is 0 Å². The largest absolute Gasteiger partial charge is 0.376 e. The van der Waals surface area contributed by atoms with Crippen molar-refractivity contribution in [3.63, 3.8) is 0 Å². The summed E-state index contributed by atoms with van der Waals surface area (Å²) in [6, 6.07) is 13.6. The molecule has 0 fully saturated rings. The Hall–Kier alpha value is -2.54. The molecule has 0 saturated carbocycles. The fourth-order valence-electron chi connectivity index (χ4n) is 1.64. The van der Waals surface area contributed by atoms with E-state index < -0.39 is 0 Å². The lowest BCUT2D eigenvalue weighted by atomic mass is 10.2. The fraction of sp³-hybridized carbons (Fsp3) is 0.143. The van der Waals surface area contributed by atoms with E-state index in [9.17, 15) is 0 Å². The molecule has 2 rings (SSSR count). The van der Waals surface area contributed by atoms with E-state index in [0.29, 0.717) is 5.56 Å². The van der Waals surface area contributed by atoms with E-state index in [4.69, 9.17) is 5.26 Å². The highest BCUT2D eigenvalue weighted by Crippen LogP contribution is 2.26. The molecule has 0 aliphatic heterocycles. The van der Waals surface area contributed by atoms with Crippen LogP contribution in [0.15, 0.2) is 42.6 Å². The summed E-state index contributed by atoms with van der Waals surface area (Å²) >= 11 is 0. The molecule has 18 heavy (non-hydrogen) atoms. The van der Waals surface area contributed by atoms with Gasteiger partial charge in [-0.2, -0.15) is 5.26 Å². The highest BCUT2D eigenvalue weighted by Gasteiger charge is 2.04. The molecule has 1 N–H and O–H groups in total. The molecular formula is C14H14N4. The highest BCUT2D eigenvalue weighted by atomic mass is 15.1. The van der Waals surface area contributed by atoms with Gasteiger partial charge in [-0.05, 0) is 24.3 Å². The SMILES string of the molecule is CN(C)c1ccccc1Nc1ccc(C#N)cn1. The molecule has 0 amide bonds. The molecule has 0 aliphatic rings. The van der Waals surface area contributed by atoms with E-state index in [2.05, 4.69) is 10.3 Å². The fourth-order valence-corrected chi connectivity index (χ4v) is 1.64. The van der Waals surface area contributed by atoms with Gasteiger partial charge < -0.3 is 10.2 Å². The number of para-hydroxylation sites is 2. The average Bonchev–Trinajstić information content (AvgIpc) is 2.40. The van der Waals surface area contributed by atoms with Crippen molar-refractivity contribution in [3.8, 4) is 6.07 Å². The number of hydrogen-bond donors (Lipinski definition) is 1. The van der Waals surface area contributed by atoms with Crippen LogP contribution in [0, 0.1) is 11.3 Å². The van der Waals surface area contributed by atoms with Crippen LogP contribution >= 0.6 is 0 Å². The van der Waals surface area contributed by atoms with Crippen LogP contribution in [0.25, 0.3) is 0 Å². The Balaban J connectivity index is 2.26. The maximum Gasteiger partial charge on any atom is 0.130 e. The summed E-state index contributed by atoms with van der Waals surface area (Å²) < 4.78 is 0. The third-order valence-electron chi connectivity index (χ3n) is 2.54. The molecule has 0 aliphatic carbocycles. The van der Waals surface area contributed by atoms with Crippen LogP contribution in [-0.2, 0) is 0 Å². The van der Waals surface area contributed by atoms with Gasteiger partial charge in [-0.25, -0.2) is 4.98 Å². The Morgan fingerprint density at radius 3 is 2.56 bits per heavy atom. The first-order valence-electron chi connectivity index (χ1n) is 5.60. The van der Waals surface area contributed by atoms with Crippen LogP contribution in [0.3, 0.4) is 0 Å². The van der Waals surface area contributed by atoms with E-state index in [1.807, 2.05) is 49.3 Å².